The van der Waals surface area contributed by atoms with Crippen LogP contribution in [0.2, 0.25) is 0 Å². The molecule has 1 N–H and O–H groups in total. The van der Waals surface area contributed by atoms with Gasteiger partial charge in [0, 0.05) is 25.2 Å². The Kier molecular flexibility index (Phi) is 4.62. The summed E-state index contributed by atoms with van der Waals surface area (Å²) in [6.07, 6.45) is 5.63. The SMILES string of the molecule is CCNC(=NCC(C)(C)N(C)C)N1CCC2(CCC2)C1. The molecule has 0 unspecified atom stereocenters. The molecule has 4 nitrogen and oxygen atoms in total. The molecule has 20 heavy (non-hydrogen) atoms. The van der Waals surface area contributed by atoms with E-state index in [0.717, 1.165) is 19.0 Å². The normalized spacial score (nSPS) is 22.5. The molecule has 0 radical (unpaired) electrons. The number of nitrogens with one attached hydrogen (secondary N) is 1. The fourth-order valence-corrected chi connectivity index (χ4v) is 3.04. The predicted octanol–water partition coefficient (Wildman–Crippen LogP) is 2.17. The lowest BCUT2D eigenvalue weighted by Gasteiger charge is -2.38. The van der Waals surface area contributed by atoms with Crippen molar-refractivity contribution in [1.82, 2.24) is 15.1 Å². The Bertz CT molecular complexity index is 355. The van der Waals surface area contributed by atoms with Crippen molar-refractivity contribution in [2.24, 2.45) is 10.4 Å². The fraction of sp³-hybridized carbons (Fsp3) is 0.938. The lowest BCUT2D eigenvalue weighted by Crippen LogP contribution is -2.45. The second-order valence-electron chi connectivity index (χ2n) is 7.40. The van der Waals surface area contributed by atoms with E-state index in [9.17, 15) is 0 Å². The van der Waals surface area contributed by atoms with Crippen molar-refractivity contribution >= 4 is 5.96 Å². The number of likely N-dealkylation sites (N-methyl/N-ethyl adjacent to an activating group) is 1. The number of nitrogens with zero attached hydrogens (tertiary/aromatic N) is 3. The van der Waals surface area contributed by atoms with E-state index < -0.39 is 0 Å². The summed E-state index contributed by atoms with van der Waals surface area (Å²) in [5.74, 6) is 1.12. The lowest BCUT2D eigenvalue weighted by atomic mass is 9.68. The average Bonchev–Trinajstić information content (AvgIpc) is 2.79. The van der Waals surface area contributed by atoms with Crippen LogP contribution in [0.4, 0.5) is 0 Å². The smallest absolute Gasteiger partial charge is 0.193 e. The first-order valence-electron chi connectivity index (χ1n) is 8.09. The van der Waals surface area contributed by atoms with Gasteiger partial charge in [0.15, 0.2) is 5.96 Å². The largest absolute Gasteiger partial charge is 0.357 e. The minimum atomic E-state index is 0.106. The van der Waals surface area contributed by atoms with Crippen LogP contribution in [0.5, 0.6) is 0 Å². The molecule has 0 aromatic heterocycles. The molecule has 0 aromatic rings. The highest BCUT2D eigenvalue weighted by Gasteiger charge is 2.43. The van der Waals surface area contributed by atoms with Crippen molar-refractivity contribution < 1.29 is 0 Å². The molecule has 0 atom stereocenters. The van der Waals surface area contributed by atoms with Crippen LogP contribution in [0.1, 0.15) is 46.5 Å². The topological polar surface area (TPSA) is 30.9 Å². The van der Waals surface area contributed by atoms with Crippen LogP contribution in [-0.4, -0.2) is 61.6 Å². The Labute approximate surface area is 124 Å². The predicted molar refractivity (Wildman–Crippen MR) is 86.2 cm³/mol. The summed E-state index contributed by atoms with van der Waals surface area (Å²) in [5.41, 5.74) is 0.738. The molecule has 1 heterocycles. The van der Waals surface area contributed by atoms with Gasteiger partial charge in [-0.05, 0) is 59.5 Å². The third-order valence-electron chi connectivity index (χ3n) is 5.31. The molecule has 116 valence electrons. The van der Waals surface area contributed by atoms with Gasteiger partial charge in [0.2, 0.25) is 0 Å². The molecular weight excluding hydrogens is 248 g/mol. The summed E-state index contributed by atoms with van der Waals surface area (Å²) >= 11 is 0. The van der Waals surface area contributed by atoms with Crippen molar-refractivity contribution in [3.05, 3.63) is 0 Å². The maximum Gasteiger partial charge on any atom is 0.193 e. The Hall–Kier alpha value is -0.770. The van der Waals surface area contributed by atoms with Gasteiger partial charge in [-0.1, -0.05) is 6.42 Å². The third kappa shape index (κ3) is 3.27. The highest BCUT2D eigenvalue weighted by Crippen LogP contribution is 2.47. The van der Waals surface area contributed by atoms with Gasteiger partial charge in [-0.25, -0.2) is 0 Å². The molecule has 4 heteroatoms. The summed E-state index contributed by atoms with van der Waals surface area (Å²) in [7, 11) is 4.25. The summed E-state index contributed by atoms with van der Waals surface area (Å²) in [6, 6.07) is 0. The number of hydrogen-bond donors (Lipinski definition) is 1. The molecule has 2 fully saturated rings. The van der Waals surface area contributed by atoms with Gasteiger partial charge in [0.25, 0.3) is 0 Å². The first-order valence-corrected chi connectivity index (χ1v) is 8.09. The lowest BCUT2D eigenvalue weighted by molar-refractivity contribution is 0.151. The standard InChI is InChI=1S/C16H32N4/c1-6-17-14(18-12-15(2,3)19(4)5)20-11-10-16(13-20)8-7-9-16/h6-13H2,1-5H3,(H,17,18). The van der Waals surface area contributed by atoms with E-state index in [-0.39, 0.29) is 5.54 Å². The highest BCUT2D eigenvalue weighted by atomic mass is 15.3. The quantitative estimate of drug-likeness (QED) is 0.632. The van der Waals surface area contributed by atoms with Gasteiger partial charge in [-0.3, -0.25) is 4.99 Å². The van der Waals surface area contributed by atoms with Crippen molar-refractivity contribution in [2.45, 2.75) is 52.0 Å². The minimum Gasteiger partial charge on any atom is -0.357 e. The zero-order chi connectivity index (χ0) is 14.8. The number of hydrogen-bond acceptors (Lipinski definition) is 2. The van der Waals surface area contributed by atoms with E-state index in [1.165, 1.54) is 38.8 Å². The van der Waals surface area contributed by atoms with Gasteiger partial charge < -0.3 is 15.1 Å². The highest BCUT2D eigenvalue weighted by molar-refractivity contribution is 5.80. The van der Waals surface area contributed by atoms with E-state index in [4.69, 9.17) is 4.99 Å². The van der Waals surface area contributed by atoms with Crippen LogP contribution >= 0.6 is 0 Å². The molecule has 1 spiro atoms. The number of likely N-dealkylation sites (tertiary alicyclic amines) is 1. The Morgan fingerprint density at radius 1 is 1.30 bits per heavy atom. The van der Waals surface area contributed by atoms with Crippen LogP contribution in [0.25, 0.3) is 0 Å². The Morgan fingerprint density at radius 3 is 2.45 bits per heavy atom. The molecule has 0 amide bonds. The van der Waals surface area contributed by atoms with E-state index in [0.29, 0.717) is 5.41 Å². The number of guanidine groups is 1. The molecule has 1 aliphatic carbocycles. The van der Waals surface area contributed by atoms with E-state index in [1.54, 1.807) is 0 Å². The summed E-state index contributed by atoms with van der Waals surface area (Å²) < 4.78 is 0. The van der Waals surface area contributed by atoms with E-state index in [1.807, 2.05) is 0 Å². The summed E-state index contributed by atoms with van der Waals surface area (Å²) in [5, 5.41) is 3.48. The molecule has 2 rings (SSSR count). The van der Waals surface area contributed by atoms with Crippen molar-refractivity contribution in [2.75, 3.05) is 40.3 Å². The summed E-state index contributed by atoms with van der Waals surface area (Å²) in [6.45, 7) is 10.8. The van der Waals surface area contributed by atoms with Crippen LogP contribution in [0.3, 0.4) is 0 Å². The molecule has 1 aliphatic heterocycles. The fourth-order valence-electron chi connectivity index (χ4n) is 3.04. The van der Waals surface area contributed by atoms with Crippen molar-refractivity contribution in [3.63, 3.8) is 0 Å². The molecule has 1 saturated carbocycles. The van der Waals surface area contributed by atoms with Gasteiger partial charge in [0.1, 0.15) is 0 Å². The maximum atomic E-state index is 4.90. The zero-order valence-corrected chi connectivity index (χ0v) is 14.0. The Balaban J connectivity index is 1.99. The molecule has 2 aliphatic rings. The average molecular weight is 280 g/mol. The molecule has 1 saturated heterocycles. The number of rotatable bonds is 4. The van der Waals surface area contributed by atoms with Gasteiger partial charge in [-0.15, -0.1) is 0 Å². The first-order chi connectivity index (χ1) is 9.38. The third-order valence-corrected chi connectivity index (χ3v) is 5.31. The van der Waals surface area contributed by atoms with Crippen LogP contribution in [0.15, 0.2) is 4.99 Å². The zero-order valence-electron chi connectivity index (χ0n) is 14.0. The minimum absolute atomic E-state index is 0.106. The van der Waals surface area contributed by atoms with Crippen molar-refractivity contribution in [1.29, 1.82) is 0 Å². The molecular formula is C16H32N4. The number of aliphatic imine (C=N–C) groups is 1. The van der Waals surface area contributed by atoms with E-state index in [2.05, 4.69) is 50.0 Å². The van der Waals surface area contributed by atoms with Crippen LogP contribution < -0.4 is 5.32 Å². The van der Waals surface area contributed by atoms with E-state index >= 15 is 0 Å². The van der Waals surface area contributed by atoms with Crippen molar-refractivity contribution in [3.8, 4) is 0 Å². The molecule has 0 aromatic carbocycles. The van der Waals surface area contributed by atoms with Gasteiger partial charge >= 0.3 is 0 Å². The Morgan fingerprint density at radius 2 is 2.00 bits per heavy atom. The maximum absolute atomic E-state index is 4.90. The van der Waals surface area contributed by atoms with Gasteiger partial charge in [-0.2, -0.15) is 0 Å². The summed E-state index contributed by atoms with van der Waals surface area (Å²) in [4.78, 5) is 9.63. The first kappa shape index (κ1) is 15.6. The van der Waals surface area contributed by atoms with Crippen LogP contribution in [-0.2, 0) is 0 Å². The second kappa shape index (κ2) is 5.92. The molecule has 0 bridgehead atoms. The van der Waals surface area contributed by atoms with Gasteiger partial charge in [0.05, 0.1) is 6.54 Å². The second-order valence-corrected chi connectivity index (χ2v) is 7.40. The van der Waals surface area contributed by atoms with Crippen LogP contribution in [0, 0.1) is 5.41 Å². The monoisotopic (exact) mass is 280 g/mol.